The Morgan fingerprint density at radius 3 is 2.22 bits per heavy atom. The number of aryl methyl sites for hydroxylation is 2. The Balaban J connectivity index is 0.804. The molecule has 3 heterocycles. The number of aromatic nitrogens is 3. The van der Waals surface area contributed by atoms with Crippen LogP contribution in [0.5, 0.6) is 11.5 Å². The van der Waals surface area contributed by atoms with Crippen molar-refractivity contribution >= 4 is 52.1 Å². The van der Waals surface area contributed by atoms with Gasteiger partial charge < -0.3 is 29.6 Å². The molecule has 16 heteroatoms. The van der Waals surface area contributed by atoms with Crippen LogP contribution in [0.1, 0.15) is 89.3 Å². The van der Waals surface area contributed by atoms with E-state index in [-0.39, 0.29) is 41.2 Å². The van der Waals surface area contributed by atoms with E-state index >= 15 is 0 Å². The second-order valence-corrected chi connectivity index (χ2v) is 18.9. The zero-order valence-electron chi connectivity index (χ0n) is 36.4. The maximum absolute atomic E-state index is 13.3. The van der Waals surface area contributed by atoms with E-state index < -0.39 is 6.04 Å². The van der Waals surface area contributed by atoms with Gasteiger partial charge in [0.1, 0.15) is 47.1 Å². The van der Waals surface area contributed by atoms with Crippen molar-refractivity contribution in [2.24, 2.45) is 15.8 Å². The average molecular weight is 913 g/mol. The van der Waals surface area contributed by atoms with Gasteiger partial charge in [0.15, 0.2) is 5.82 Å². The number of carbonyl (C=O) groups is 2. The molecule has 1 aliphatic heterocycles. The molecular weight excluding hydrogens is 862 g/mol. The number of thiophene rings is 1. The maximum atomic E-state index is 13.3. The van der Waals surface area contributed by atoms with E-state index in [0.29, 0.717) is 78.1 Å². The van der Waals surface area contributed by atoms with Gasteiger partial charge in [0.05, 0.1) is 49.1 Å². The summed E-state index contributed by atoms with van der Waals surface area (Å²) in [5.41, 5.74) is 4.00. The van der Waals surface area contributed by atoms with Crippen LogP contribution in [-0.2, 0) is 14.3 Å². The maximum Gasteiger partial charge on any atom is 0.251 e. The van der Waals surface area contributed by atoms with Crippen LogP contribution in [0.15, 0.2) is 71.7 Å². The van der Waals surface area contributed by atoms with Gasteiger partial charge >= 0.3 is 0 Å². The molecule has 63 heavy (non-hydrogen) atoms. The molecule has 1 saturated carbocycles. The number of hydrogen-bond donors (Lipinski definition) is 2. The van der Waals surface area contributed by atoms with Gasteiger partial charge in [0.2, 0.25) is 5.91 Å². The first-order valence-corrected chi connectivity index (χ1v) is 22.4. The smallest absolute Gasteiger partial charge is 0.251 e. The van der Waals surface area contributed by atoms with Crippen molar-refractivity contribution in [3.63, 3.8) is 0 Å². The number of hydrogen-bond acceptors (Lipinski definition) is 11. The Hall–Kier alpha value is -5.30. The van der Waals surface area contributed by atoms with Crippen molar-refractivity contribution < 1.29 is 28.5 Å². The molecule has 0 radical (unpaired) electrons. The SMILES string of the molecule is Cc1sc2c(c1C)C(c1ccc(Cl)cc1)=N[C@@H](CC(=O)NCCOCCOCCOc1ccc(C(=O)NC3C(C)(C)C(Oc4ccc(C#N)c(Cl)c4)C3(C)C)cc1)c1nnc(C)n1-2. The number of benzene rings is 3. The molecule has 7 rings (SSSR count). The number of amides is 2. The molecule has 2 N–H and O–H groups in total. The molecule has 13 nitrogen and oxygen atoms in total. The number of ether oxygens (including phenoxy) is 4. The third-order valence-corrected chi connectivity index (χ3v) is 13.5. The highest BCUT2D eigenvalue weighted by Crippen LogP contribution is 2.55. The summed E-state index contributed by atoms with van der Waals surface area (Å²) in [5.74, 6) is 2.20. The summed E-state index contributed by atoms with van der Waals surface area (Å²) in [4.78, 5) is 32.9. The summed E-state index contributed by atoms with van der Waals surface area (Å²) in [7, 11) is 0. The number of carbonyl (C=O) groups excluding carboxylic acids is 2. The Bertz CT molecular complexity index is 2530. The van der Waals surface area contributed by atoms with Crippen LogP contribution in [0.3, 0.4) is 0 Å². The molecular formula is C47H51Cl2N7O6S. The lowest BCUT2D eigenvalue weighted by Crippen LogP contribution is -2.74. The summed E-state index contributed by atoms with van der Waals surface area (Å²) in [6, 6.07) is 21.0. The van der Waals surface area contributed by atoms with E-state index in [0.717, 1.165) is 33.2 Å². The summed E-state index contributed by atoms with van der Waals surface area (Å²) in [5, 5.41) is 26.2. The lowest BCUT2D eigenvalue weighted by molar-refractivity contribution is -0.164. The third-order valence-electron chi connectivity index (χ3n) is 11.7. The first-order chi connectivity index (χ1) is 30.1. The molecule has 2 aromatic heterocycles. The number of halogens is 2. The van der Waals surface area contributed by atoms with Crippen molar-refractivity contribution in [1.82, 2.24) is 25.4 Å². The van der Waals surface area contributed by atoms with Crippen molar-refractivity contribution in [2.75, 3.05) is 39.6 Å². The van der Waals surface area contributed by atoms with Crippen LogP contribution < -0.4 is 20.1 Å². The van der Waals surface area contributed by atoms with Gasteiger partial charge in [-0.05, 0) is 74.9 Å². The monoisotopic (exact) mass is 911 g/mol. The fourth-order valence-corrected chi connectivity index (χ4v) is 10.2. The fraction of sp³-hybridized carbons (Fsp3) is 0.404. The van der Waals surface area contributed by atoms with E-state index in [9.17, 15) is 14.9 Å². The highest BCUT2D eigenvalue weighted by Gasteiger charge is 2.64. The van der Waals surface area contributed by atoms with E-state index in [1.165, 1.54) is 4.88 Å². The van der Waals surface area contributed by atoms with Gasteiger partial charge in [0, 0.05) is 56.1 Å². The van der Waals surface area contributed by atoms with Crippen molar-refractivity contribution in [1.29, 1.82) is 5.26 Å². The molecule has 2 aliphatic rings. The summed E-state index contributed by atoms with van der Waals surface area (Å²) < 4.78 is 25.6. The number of nitriles is 1. The van der Waals surface area contributed by atoms with Crippen molar-refractivity contribution in [2.45, 2.75) is 73.1 Å². The van der Waals surface area contributed by atoms with E-state index in [1.54, 1.807) is 53.8 Å². The molecule has 2 amide bonds. The molecule has 0 saturated heterocycles. The summed E-state index contributed by atoms with van der Waals surface area (Å²) in [6.45, 7) is 16.4. The number of fused-ring (bicyclic) bond motifs is 3. The number of nitrogens with one attached hydrogen (secondary N) is 2. The molecule has 1 aliphatic carbocycles. The highest BCUT2D eigenvalue weighted by molar-refractivity contribution is 7.15. The van der Waals surface area contributed by atoms with Gasteiger partial charge in [-0.25, -0.2) is 0 Å². The van der Waals surface area contributed by atoms with Crippen LogP contribution in [-0.4, -0.2) is 84.0 Å². The predicted octanol–water partition coefficient (Wildman–Crippen LogP) is 8.56. The standard InChI is InChI=1S/C47H51Cl2N7O6S/c1-27-28(2)63-43-39(27)40(30-8-13-33(48)14-9-30)52-37(41-55-54-29(3)56(41)43)25-38(57)51-18-19-59-20-21-60-22-23-61-34-15-10-31(11-16-34)42(58)53-44-46(4,5)45(47(44,6)7)62-35-17-12-32(26-50)36(49)24-35/h8-17,24,37,44-45H,18-23,25H2,1-7H3,(H,51,57)(H,53,58)/t37-,44?,45?/m0/s1. The molecule has 1 fully saturated rings. The Morgan fingerprint density at radius 2 is 1.54 bits per heavy atom. The third kappa shape index (κ3) is 9.78. The normalized spacial score (nSPS) is 18.2. The largest absolute Gasteiger partial charge is 0.491 e. The van der Waals surface area contributed by atoms with Gasteiger partial charge in [0.25, 0.3) is 5.91 Å². The number of nitrogens with zero attached hydrogens (tertiary/aromatic N) is 5. The highest BCUT2D eigenvalue weighted by atomic mass is 35.5. The molecule has 3 aromatic carbocycles. The first-order valence-electron chi connectivity index (χ1n) is 20.8. The Kier molecular flexibility index (Phi) is 13.9. The zero-order chi connectivity index (χ0) is 45.1. The summed E-state index contributed by atoms with van der Waals surface area (Å²) >= 11 is 14.1. The lowest BCUT2D eigenvalue weighted by Gasteiger charge is -2.63. The minimum absolute atomic E-state index is 0.0914. The Morgan fingerprint density at radius 1 is 0.873 bits per heavy atom. The van der Waals surface area contributed by atoms with E-state index in [1.807, 2.05) is 35.8 Å². The van der Waals surface area contributed by atoms with Gasteiger partial charge in [-0.15, -0.1) is 21.5 Å². The minimum Gasteiger partial charge on any atom is -0.491 e. The van der Waals surface area contributed by atoms with Crippen molar-refractivity contribution in [3.05, 3.63) is 121 Å². The topological polar surface area (TPSA) is 162 Å². The van der Waals surface area contributed by atoms with Crippen LogP contribution in [0.25, 0.3) is 5.00 Å². The lowest BCUT2D eigenvalue weighted by atomic mass is 9.49. The average Bonchev–Trinajstić information content (AvgIpc) is 3.74. The van der Waals surface area contributed by atoms with Crippen LogP contribution >= 0.6 is 34.5 Å². The molecule has 0 unspecified atom stereocenters. The van der Waals surface area contributed by atoms with Crippen LogP contribution in [0.4, 0.5) is 0 Å². The minimum atomic E-state index is -0.554. The molecule has 5 aromatic rings. The van der Waals surface area contributed by atoms with Gasteiger partial charge in [-0.3, -0.25) is 19.1 Å². The van der Waals surface area contributed by atoms with E-state index in [2.05, 4.69) is 68.4 Å². The van der Waals surface area contributed by atoms with Gasteiger partial charge in [-0.2, -0.15) is 5.26 Å². The first kappa shape index (κ1) is 45.7. The fourth-order valence-electron chi connectivity index (χ4n) is 8.70. The molecule has 0 spiro atoms. The van der Waals surface area contributed by atoms with E-state index in [4.69, 9.17) is 47.1 Å². The molecule has 1 atom stereocenters. The molecule has 0 bridgehead atoms. The van der Waals surface area contributed by atoms with Crippen molar-refractivity contribution in [3.8, 4) is 22.6 Å². The quantitative estimate of drug-likeness (QED) is 0.0871. The number of rotatable bonds is 17. The number of aliphatic imine (C=N–C) groups is 1. The van der Waals surface area contributed by atoms with Gasteiger partial charge in [-0.1, -0.05) is 63.0 Å². The van der Waals surface area contributed by atoms with Crippen LogP contribution in [0.2, 0.25) is 10.0 Å². The summed E-state index contributed by atoms with van der Waals surface area (Å²) in [6.07, 6.45) is -0.111. The predicted molar refractivity (Wildman–Crippen MR) is 244 cm³/mol. The second-order valence-electron chi connectivity index (χ2n) is 16.9. The zero-order valence-corrected chi connectivity index (χ0v) is 38.7. The Labute approximate surface area is 381 Å². The molecule has 330 valence electrons. The second kappa shape index (κ2) is 19.2. The van der Waals surface area contributed by atoms with Crippen LogP contribution in [0, 0.1) is 42.9 Å².